The number of hydrogen-bond donors (Lipinski definition) is 1. The van der Waals surface area contributed by atoms with Crippen LogP contribution in [0.15, 0.2) is 12.4 Å². The Hall–Kier alpha value is -0.870. The van der Waals surface area contributed by atoms with Crippen LogP contribution in [0.4, 0.5) is 0 Å². The van der Waals surface area contributed by atoms with Crippen LogP contribution in [-0.4, -0.2) is 28.8 Å². The predicted octanol–water partition coefficient (Wildman–Crippen LogP) is 0.961. The Morgan fingerprint density at radius 3 is 2.60 bits per heavy atom. The van der Waals surface area contributed by atoms with Crippen molar-refractivity contribution in [1.29, 1.82) is 0 Å². The first-order valence-electron chi connectivity index (χ1n) is 5.30. The van der Waals surface area contributed by atoms with Crippen LogP contribution < -0.4 is 5.73 Å². The van der Waals surface area contributed by atoms with Crippen LogP contribution in [0, 0.1) is 5.92 Å². The van der Waals surface area contributed by atoms with Crippen molar-refractivity contribution in [1.82, 2.24) is 9.55 Å². The molecule has 0 fully saturated rings. The van der Waals surface area contributed by atoms with E-state index in [2.05, 4.69) is 18.8 Å². The average molecular weight is 211 g/mol. The molecule has 86 valence electrons. The second-order valence-corrected chi connectivity index (χ2v) is 4.27. The van der Waals surface area contributed by atoms with Crippen LogP contribution in [0.2, 0.25) is 0 Å². The first-order chi connectivity index (χ1) is 7.06. The maximum atomic E-state index is 6.11. The van der Waals surface area contributed by atoms with Gasteiger partial charge in [0.1, 0.15) is 5.82 Å². The van der Waals surface area contributed by atoms with Gasteiger partial charge in [-0.2, -0.15) is 0 Å². The van der Waals surface area contributed by atoms with E-state index in [0.717, 1.165) is 12.2 Å². The Bertz CT molecular complexity index is 296. The summed E-state index contributed by atoms with van der Waals surface area (Å²) in [4.78, 5) is 4.26. The summed E-state index contributed by atoms with van der Waals surface area (Å²) in [7, 11) is 3.69. The fraction of sp³-hybridized carbons (Fsp3) is 0.727. The molecule has 1 rings (SSSR count). The Kier molecular flexibility index (Phi) is 4.29. The zero-order valence-electron chi connectivity index (χ0n) is 9.97. The Labute approximate surface area is 91.4 Å². The highest BCUT2D eigenvalue weighted by Gasteiger charge is 2.22. The van der Waals surface area contributed by atoms with Crippen LogP contribution in [0.3, 0.4) is 0 Å². The number of nitrogens with two attached hydrogens (primary N) is 1. The molecule has 0 aliphatic heterocycles. The fourth-order valence-corrected chi connectivity index (χ4v) is 1.86. The molecule has 2 unspecified atom stereocenters. The van der Waals surface area contributed by atoms with Crippen LogP contribution in [0.25, 0.3) is 0 Å². The summed E-state index contributed by atoms with van der Waals surface area (Å²) in [6.45, 7) is 4.24. The summed E-state index contributed by atoms with van der Waals surface area (Å²) in [6.07, 6.45) is 4.56. The Morgan fingerprint density at radius 1 is 1.53 bits per heavy atom. The van der Waals surface area contributed by atoms with E-state index in [9.17, 15) is 0 Å². The topological polar surface area (TPSA) is 53.1 Å². The molecule has 4 heteroatoms. The van der Waals surface area contributed by atoms with Crippen molar-refractivity contribution in [3.63, 3.8) is 0 Å². The third-order valence-electron chi connectivity index (χ3n) is 2.69. The second-order valence-electron chi connectivity index (χ2n) is 4.27. The van der Waals surface area contributed by atoms with Gasteiger partial charge in [-0.1, -0.05) is 13.8 Å². The monoisotopic (exact) mass is 211 g/mol. The minimum Gasteiger partial charge on any atom is -0.380 e. The van der Waals surface area contributed by atoms with Gasteiger partial charge >= 0.3 is 0 Å². The van der Waals surface area contributed by atoms with E-state index in [1.165, 1.54) is 0 Å². The van der Waals surface area contributed by atoms with Crippen molar-refractivity contribution in [2.24, 2.45) is 18.7 Å². The zero-order valence-corrected chi connectivity index (χ0v) is 9.97. The van der Waals surface area contributed by atoms with Gasteiger partial charge in [-0.3, -0.25) is 0 Å². The summed E-state index contributed by atoms with van der Waals surface area (Å²) in [6, 6.07) is -0.00361. The van der Waals surface area contributed by atoms with Crippen LogP contribution >= 0.6 is 0 Å². The molecule has 15 heavy (non-hydrogen) atoms. The number of methoxy groups -OCH3 is 1. The number of aryl methyl sites for hydroxylation is 1. The summed E-state index contributed by atoms with van der Waals surface area (Å²) in [5.74, 6) is 1.43. The van der Waals surface area contributed by atoms with Crippen molar-refractivity contribution >= 4 is 0 Å². The molecule has 2 N–H and O–H groups in total. The van der Waals surface area contributed by atoms with Gasteiger partial charge in [-0.15, -0.1) is 0 Å². The molecule has 4 nitrogen and oxygen atoms in total. The minimum atomic E-state index is -0.00361. The lowest BCUT2D eigenvalue weighted by Crippen LogP contribution is -2.41. The van der Waals surface area contributed by atoms with Gasteiger partial charge in [0.2, 0.25) is 0 Å². The van der Waals surface area contributed by atoms with Crippen molar-refractivity contribution in [3.05, 3.63) is 18.2 Å². The van der Waals surface area contributed by atoms with E-state index < -0.39 is 0 Å². The number of ether oxygens (including phenoxy) is 1. The molecular formula is C11H21N3O. The standard InChI is InChI=1S/C11H21N3O/c1-8(2)11(15-4)9(12)7-10-13-5-6-14(10)3/h5-6,8-9,11H,7,12H2,1-4H3. The van der Waals surface area contributed by atoms with Crippen LogP contribution in [0.5, 0.6) is 0 Å². The van der Waals surface area contributed by atoms with Crippen molar-refractivity contribution in [2.45, 2.75) is 32.4 Å². The number of nitrogens with zero attached hydrogens (tertiary/aromatic N) is 2. The largest absolute Gasteiger partial charge is 0.380 e. The second kappa shape index (κ2) is 5.28. The Morgan fingerprint density at radius 2 is 2.20 bits per heavy atom. The average Bonchev–Trinajstić information content (AvgIpc) is 2.52. The quantitative estimate of drug-likeness (QED) is 0.789. The van der Waals surface area contributed by atoms with Gasteiger partial charge in [0.15, 0.2) is 0 Å². The third kappa shape index (κ3) is 3.04. The van der Waals surface area contributed by atoms with Crippen LogP contribution in [0.1, 0.15) is 19.7 Å². The van der Waals surface area contributed by atoms with Gasteiger partial charge in [0, 0.05) is 39.0 Å². The van der Waals surface area contributed by atoms with E-state index in [0.29, 0.717) is 5.92 Å². The summed E-state index contributed by atoms with van der Waals surface area (Å²) in [5, 5.41) is 0. The van der Waals surface area contributed by atoms with Gasteiger partial charge < -0.3 is 15.0 Å². The summed E-state index contributed by atoms with van der Waals surface area (Å²) < 4.78 is 7.39. The van der Waals surface area contributed by atoms with Crippen molar-refractivity contribution < 1.29 is 4.74 Å². The summed E-state index contributed by atoms with van der Waals surface area (Å²) >= 11 is 0. The SMILES string of the molecule is COC(C(C)C)C(N)Cc1nccn1C. The van der Waals surface area contributed by atoms with Gasteiger partial charge in [0.25, 0.3) is 0 Å². The Balaban J connectivity index is 2.62. The van der Waals surface area contributed by atoms with Crippen molar-refractivity contribution in [3.8, 4) is 0 Å². The zero-order chi connectivity index (χ0) is 11.4. The molecule has 0 amide bonds. The first-order valence-corrected chi connectivity index (χ1v) is 5.30. The predicted molar refractivity (Wildman–Crippen MR) is 60.5 cm³/mol. The summed E-state index contributed by atoms with van der Waals surface area (Å²) in [5.41, 5.74) is 6.11. The fourth-order valence-electron chi connectivity index (χ4n) is 1.86. The molecule has 0 saturated carbocycles. The number of hydrogen-bond acceptors (Lipinski definition) is 3. The molecule has 0 aliphatic carbocycles. The van der Waals surface area contributed by atoms with E-state index in [-0.39, 0.29) is 12.1 Å². The van der Waals surface area contributed by atoms with Gasteiger partial charge in [-0.25, -0.2) is 4.98 Å². The maximum Gasteiger partial charge on any atom is 0.110 e. The normalized spacial score (nSPS) is 15.6. The molecule has 0 bridgehead atoms. The molecule has 0 radical (unpaired) electrons. The number of rotatable bonds is 5. The highest BCUT2D eigenvalue weighted by Crippen LogP contribution is 2.12. The van der Waals surface area contributed by atoms with E-state index >= 15 is 0 Å². The van der Waals surface area contributed by atoms with E-state index in [4.69, 9.17) is 10.5 Å². The smallest absolute Gasteiger partial charge is 0.110 e. The van der Waals surface area contributed by atoms with E-state index in [1.54, 1.807) is 13.3 Å². The lowest BCUT2D eigenvalue weighted by molar-refractivity contribution is 0.0435. The molecule has 0 saturated heterocycles. The third-order valence-corrected chi connectivity index (χ3v) is 2.69. The van der Waals surface area contributed by atoms with Gasteiger partial charge in [-0.05, 0) is 5.92 Å². The highest BCUT2D eigenvalue weighted by molar-refractivity contribution is 4.96. The van der Waals surface area contributed by atoms with Gasteiger partial charge in [0.05, 0.1) is 6.10 Å². The maximum absolute atomic E-state index is 6.11. The lowest BCUT2D eigenvalue weighted by Gasteiger charge is -2.25. The molecule has 1 aromatic heterocycles. The minimum absolute atomic E-state index is 0.00361. The van der Waals surface area contributed by atoms with E-state index in [1.807, 2.05) is 17.8 Å². The highest BCUT2D eigenvalue weighted by atomic mass is 16.5. The molecular weight excluding hydrogens is 190 g/mol. The number of aromatic nitrogens is 2. The molecule has 1 aromatic rings. The van der Waals surface area contributed by atoms with Crippen LogP contribution in [-0.2, 0) is 18.2 Å². The molecule has 0 aliphatic rings. The number of imidazole rings is 1. The lowest BCUT2D eigenvalue weighted by atomic mass is 9.97. The molecule has 0 aromatic carbocycles. The molecule has 1 heterocycles. The molecule has 0 spiro atoms. The molecule has 2 atom stereocenters. The first kappa shape index (κ1) is 12.2. The van der Waals surface area contributed by atoms with Crippen molar-refractivity contribution in [2.75, 3.05) is 7.11 Å².